The number of benzene rings is 1. The van der Waals surface area contributed by atoms with Crippen molar-refractivity contribution in [3.05, 3.63) is 29.8 Å². The topological polar surface area (TPSA) is 52.9 Å². The van der Waals surface area contributed by atoms with Crippen molar-refractivity contribution in [2.24, 2.45) is 5.92 Å². The van der Waals surface area contributed by atoms with Crippen molar-refractivity contribution < 1.29 is 4.79 Å². The average molecular weight is 216 g/mol. The number of nitrogens with zero attached hydrogens (tertiary/aromatic N) is 1. The number of rotatable bonds is 4. The SMILES string of the molecule is CCc1ccccc1NC(=O)C(C#N)CC. The molecule has 1 N–H and O–H groups in total. The fourth-order valence-electron chi connectivity index (χ4n) is 1.51. The molecule has 0 saturated carbocycles. The lowest BCUT2D eigenvalue weighted by Crippen LogP contribution is -2.21. The number of nitriles is 1. The van der Waals surface area contributed by atoms with E-state index in [1.165, 1.54) is 0 Å². The van der Waals surface area contributed by atoms with Crippen LogP contribution in [0.3, 0.4) is 0 Å². The van der Waals surface area contributed by atoms with Crippen LogP contribution in [0.1, 0.15) is 25.8 Å². The number of amides is 1. The molecule has 0 saturated heterocycles. The Morgan fingerprint density at radius 3 is 2.69 bits per heavy atom. The van der Waals surface area contributed by atoms with Crippen molar-refractivity contribution >= 4 is 11.6 Å². The molecule has 0 spiro atoms. The first-order valence-electron chi connectivity index (χ1n) is 5.51. The lowest BCUT2D eigenvalue weighted by Gasteiger charge is -2.11. The summed E-state index contributed by atoms with van der Waals surface area (Å²) in [7, 11) is 0. The molecule has 1 atom stereocenters. The highest BCUT2D eigenvalue weighted by molar-refractivity contribution is 5.94. The molecule has 84 valence electrons. The van der Waals surface area contributed by atoms with Crippen molar-refractivity contribution in [1.82, 2.24) is 0 Å². The summed E-state index contributed by atoms with van der Waals surface area (Å²) in [5.74, 6) is -0.782. The number of hydrogen-bond acceptors (Lipinski definition) is 2. The van der Waals surface area contributed by atoms with Gasteiger partial charge in [-0.05, 0) is 24.5 Å². The zero-order chi connectivity index (χ0) is 12.0. The molecule has 1 rings (SSSR count). The Kier molecular flexibility index (Phi) is 4.53. The van der Waals surface area contributed by atoms with Crippen LogP contribution < -0.4 is 5.32 Å². The summed E-state index contributed by atoms with van der Waals surface area (Å²) in [6.07, 6.45) is 1.40. The van der Waals surface area contributed by atoms with E-state index in [1.807, 2.05) is 44.2 Å². The minimum atomic E-state index is -0.565. The molecule has 0 heterocycles. The van der Waals surface area contributed by atoms with E-state index in [-0.39, 0.29) is 5.91 Å². The van der Waals surface area contributed by atoms with E-state index >= 15 is 0 Å². The number of hydrogen-bond donors (Lipinski definition) is 1. The van der Waals surface area contributed by atoms with Gasteiger partial charge in [-0.25, -0.2) is 0 Å². The first-order chi connectivity index (χ1) is 7.72. The maximum absolute atomic E-state index is 11.7. The number of aryl methyl sites for hydroxylation is 1. The van der Waals surface area contributed by atoms with E-state index in [2.05, 4.69) is 5.32 Å². The number of anilines is 1. The highest BCUT2D eigenvalue weighted by Gasteiger charge is 2.16. The van der Waals surface area contributed by atoms with Crippen molar-refractivity contribution in [3.8, 4) is 6.07 Å². The first-order valence-corrected chi connectivity index (χ1v) is 5.51. The van der Waals surface area contributed by atoms with Crippen LogP contribution in [0.2, 0.25) is 0 Å². The van der Waals surface area contributed by atoms with Crippen molar-refractivity contribution in [2.75, 3.05) is 5.32 Å². The molecule has 3 heteroatoms. The second-order valence-electron chi connectivity index (χ2n) is 3.59. The van der Waals surface area contributed by atoms with Gasteiger partial charge in [-0.3, -0.25) is 4.79 Å². The summed E-state index contributed by atoms with van der Waals surface area (Å²) in [5, 5.41) is 11.6. The highest BCUT2D eigenvalue weighted by atomic mass is 16.1. The maximum atomic E-state index is 11.7. The first kappa shape index (κ1) is 12.3. The van der Waals surface area contributed by atoms with Gasteiger partial charge in [-0.1, -0.05) is 32.0 Å². The quantitative estimate of drug-likeness (QED) is 0.841. The van der Waals surface area contributed by atoms with Gasteiger partial charge in [0.1, 0.15) is 5.92 Å². The fourth-order valence-corrected chi connectivity index (χ4v) is 1.51. The van der Waals surface area contributed by atoms with Crippen molar-refractivity contribution in [2.45, 2.75) is 26.7 Å². The van der Waals surface area contributed by atoms with Crippen LogP contribution in [-0.4, -0.2) is 5.91 Å². The van der Waals surface area contributed by atoms with E-state index in [0.717, 1.165) is 17.7 Å². The van der Waals surface area contributed by atoms with Crippen LogP contribution >= 0.6 is 0 Å². The van der Waals surface area contributed by atoms with Gasteiger partial charge in [-0.2, -0.15) is 5.26 Å². The van der Waals surface area contributed by atoms with Crippen molar-refractivity contribution in [1.29, 1.82) is 5.26 Å². The Bertz CT molecular complexity index is 407. The normalized spacial score (nSPS) is 11.6. The molecule has 0 bridgehead atoms. The van der Waals surface area contributed by atoms with Gasteiger partial charge in [0.2, 0.25) is 5.91 Å². The van der Waals surface area contributed by atoms with Gasteiger partial charge in [0.05, 0.1) is 6.07 Å². The minimum absolute atomic E-state index is 0.217. The third kappa shape index (κ3) is 2.83. The molecule has 1 amide bonds. The lowest BCUT2D eigenvalue weighted by molar-refractivity contribution is -0.118. The van der Waals surface area contributed by atoms with Gasteiger partial charge in [0.25, 0.3) is 0 Å². The Morgan fingerprint density at radius 2 is 2.12 bits per heavy atom. The monoisotopic (exact) mass is 216 g/mol. The number of para-hydroxylation sites is 1. The fraction of sp³-hybridized carbons (Fsp3) is 0.385. The number of nitrogens with one attached hydrogen (secondary N) is 1. The molecule has 1 unspecified atom stereocenters. The van der Waals surface area contributed by atoms with Gasteiger partial charge in [0, 0.05) is 5.69 Å². The third-order valence-electron chi connectivity index (χ3n) is 2.54. The Balaban J connectivity index is 2.81. The van der Waals surface area contributed by atoms with Gasteiger partial charge < -0.3 is 5.32 Å². The number of carbonyl (C=O) groups excluding carboxylic acids is 1. The summed E-state index contributed by atoms with van der Waals surface area (Å²) in [4.78, 5) is 11.7. The molecule has 3 nitrogen and oxygen atoms in total. The van der Waals surface area contributed by atoms with E-state index in [1.54, 1.807) is 0 Å². The lowest BCUT2D eigenvalue weighted by atomic mass is 10.1. The molecular weight excluding hydrogens is 200 g/mol. The summed E-state index contributed by atoms with van der Waals surface area (Å²) < 4.78 is 0. The molecule has 0 radical (unpaired) electrons. The maximum Gasteiger partial charge on any atom is 0.241 e. The van der Waals surface area contributed by atoms with Gasteiger partial charge >= 0.3 is 0 Å². The summed E-state index contributed by atoms with van der Waals surface area (Å²) in [6.45, 7) is 3.87. The largest absolute Gasteiger partial charge is 0.325 e. The molecule has 16 heavy (non-hydrogen) atoms. The Morgan fingerprint density at radius 1 is 1.44 bits per heavy atom. The van der Waals surface area contributed by atoms with E-state index < -0.39 is 5.92 Å². The zero-order valence-electron chi connectivity index (χ0n) is 9.66. The summed E-state index contributed by atoms with van der Waals surface area (Å²) in [6, 6.07) is 9.65. The second-order valence-corrected chi connectivity index (χ2v) is 3.59. The number of carbonyl (C=O) groups is 1. The average Bonchev–Trinajstić information content (AvgIpc) is 2.31. The summed E-state index contributed by atoms with van der Waals surface area (Å²) >= 11 is 0. The van der Waals surface area contributed by atoms with Crippen LogP contribution in [0.25, 0.3) is 0 Å². The van der Waals surface area contributed by atoms with Crippen LogP contribution in [0, 0.1) is 17.2 Å². The molecule has 1 aromatic rings. The van der Waals surface area contributed by atoms with Crippen LogP contribution in [0.15, 0.2) is 24.3 Å². The molecule has 1 aromatic carbocycles. The second kappa shape index (κ2) is 5.92. The predicted octanol–water partition coefficient (Wildman–Crippen LogP) is 2.74. The highest BCUT2D eigenvalue weighted by Crippen LogP contribution is 2.16. The molecule has 0 fully saturated rings. The van der Waals surface area contributed by atoms with Crippen LogP contribution in [0.5, 0.6) is 0 Å². The van der Waals surface area contributed by atoms with E-state index in [9.17, 15) is 4.79 Å². The predicted molar refractivity (Wildman–Crippen MR) is 63.8 cm³/mol. The Hall–Kier alpha value is -1.82. The molecule has 0 aliphatic carbocycles. The zero-order valence-corrected chi connectivity index (χ0v) is 9.66. The minimum Gasteiger partial charge on any atom is -0.325 e. The van der Waals surface area contributed by atoms with Gasteiger partial charge in [0.15, 0.2) is 0 Å². The molecule has 0 aromatic heterocycles. The van der Waals surface area contributed by atoms with Gasteiger partial charge in [-0.15, -0.1) is 0 Å². The van der Waals surface area contributed by atoms with E-state index in [4.69, 9.17) is 5.26 Å². The third-order valence-corrected chi connectivity index (χ3v) is 2.54. The van der Waals surface area contributed by atoms with Crippen LogP contribution in [-0.2, 0) is 11.2 Å². The van der Waals surface area contributed by atoms with E-state index in [0.29, 0.717) is 6.42 Å². The Labute approximate surface area is 96.1 Å². The van der Waals surface area contributed by atoms with Crippen molar-refractivity contribution in [3.63, 3.8) is 0 Å². The molecule has 0 aliphatic rings. The molecule has 0 aliphatic heterocycles. The standard InChI is InChI=1S/C13H16N2O/c1-3-10-7-5-6-8-12(10)15-13(16)11(4-2)9-14/h5-8,11H,3-4H2,1-2H3,(H,15,16). The van der Waals surface area contributed by atoms with Crippen LogP contribution in [0.4, 0.5) is 5.69 Å². The molecular formula is C13H16N2O. The summed E-state index contributed by atoms with van der Waals surface area (Å²) in [5.41, 5.74) is 1.90. The smallest absolute Gasteiger partial charge is 0.241 e.